The van der Waals surface area contributed by atoms with Crippen LogP contribution in [0.15, 0.2) is 24.8 Å². The summed E-state index contributed by atoms with van der Waals surface area (Å²) in [6.07, 6.45) is 1.92. The van der Waals surface area contributed by atoms with Crippen LogP contribution in [0.2, 0.25) is 24.8 Å². The van der Waals surface area contributed by atoms with Crippen LogP contribution in [0.3, 0.4) is 0 Å². The van der Waals surface area contributed by atoms with E-state index in [0.717, 1.165) is 0 Å². The van der Waals surface area contributed by atoms with Gasteiger partial charge in [0.1, 0.15) is 0 Å². The van der Waals surface area contributed by atoms with E-state index in [9.17, 15) is 4.79 Å². The Morgan fingerprint density at radius 1 is 1.25 bits per heavy atom. The first kappa shape index (κ1) is 19.3. The minimum absolute atomic E-state index is 0.0745. The van der Waals surface area contributed by atoms with Crippen molar-refractivity contribution in [1.29, 1.82) is 0 Å². The Kier molecular flexibility index (Phi) is 7.60. The van der Waals surface area contributed by atoms with Gasteiger partial charge in [-0.2, -0.15) is 4.58 Å². The van der Waals surface area contributed by atoms with E-state index in [1.54, 1.807) is 6.08 Å². The van der Waals surface area contributed by atoms with E-state index in [-0.39, 0.29) is 10.7 Å². The molecule has 0 aliphatic heterocycles. The van der Waals surface area contributed by atoms with Crippen LogP contribution in [0.25, 0.3) is 0 Å². The molecule has 0 aliphatic rings. The fourth-order valence-electron chi connectivity index (χ4n) is 1.52. The molecule has 0 heterocycles. The Bertz CT molecular complexity index is 358. The Morgan fingerprint density at radius 3 is 2.10 bits per heavy atom. The molecule has 0 N–H and O–H groups in total. The van der Waals surface area contributed by atoms with Gasteiger partial charge in [-0.25, -0.2) is 4.79 Å². The number of hydrogen-bond donors (Lipinski definition) is 0. The maximum Gasteiger partial charge on any atom is 0.543 e. The molecule has 0 rings (SSSR count). The Balaban J connectivity index is 4.91. The van der Waals surface area contributed by atoms with Crippen molar-refractivity contribution in [1.82, 2.24) is 0 Å². The van der Waals surface area contributed by atoms with Gasteiger partial charge in [0, 0.05) is 25.0 Å². The zero-order chi connectivity index (χ0) is 16.0. The van der Waals surface area contributed by atoms with Gasteiger partial charge in [0.05, 0.1) is 8.07 Å². The van der Waals surface area contributed by atoms with Crippen LogP contribution in [-0.4, -0.2) is 37.1 Å². The lowest BCUT2D eigenvalue weighted by Gasteiger charge is -2.36. The average molecular weight is 319 g/mol. The topological polar surface area (TPSA) is 54.0 Å². The first-order valence-corrected chi connectivity index (χ1v) is 11.8. The van der Waals surface area contributed by atoms with E-state index in [1.807, 2.05) is 6.92 Å². The number of rotatable bonds is 9. The maximum atomic E-state index is 11.7. The fourth-order valence-corrected chi connectivity index (χ4v) is 7.96. The molecular weight excluding hydrogens is 292 g/mol. The van der Waals surface area contributed by atoms with Crippen molar-refractivity contribution >= 4 is 22.8 Å². The lowest BCUT2D eigenvalue weighted by Crippen LogP contribution is -2.55. The molecule has 20 heavy (non-hydrogen) atoms. The van der Waals surface area contributed by atoms with Crippen molar-refractivity contribution in [3.05, 3.63) is 24.8 Å². The van der Waals surface area contributed by atoms with Crippen LogP contribution in [-0.2, 0) is 23.1 Å². The molecule has 0 saturated heterocycles. The van der Waals surface area contributed by atoms with Gasteiger partial charge in [0.15, 0.2) is 0 Å². The molecule has 0 bridgehead atoms. The van der Waals surface area contributed by atoms with Crippen LogP contribution < -0.4 is 0 Å². The molecule has 7 heteroatoms. The second-order valence-corrected chi connectivity index (χ2v) is 14.9. The number of carbonyl (C=O) groups excluding carboxylic acids is 1. The molecule has 0 aromatic rings. The second kappa shape index (κ2) is 7.89. The minimum atomic E-state index is -3.06. The molecule has 0 aromatic carbocycles. The van der Waals surface area contributed by atoms with Crippen LogP contribution in [0.4, 0.5) is 0 Å². The highest BCUT2D eigenvalue weighted by Crippen LogP contribution is 2.33. The van der Waals surface area contributed by atoms with Crippen molar-refractivity contribution in [2.24, 2.45) is 0 Å². The van der Waals surface area contributed by atoms with Gasteiger partial charge in [0.2, 0.25) is 0 Å². The summed E-state index contributed by atoms with van der Waals surface area (Å²) in [5, 5.41) is 0.0745. The highest BCUT2D eigenvalue weighted by molar-refractivity contribution is 6.90. The van der Waals surface area contributed by atoms with Crippen molar-refractivity contribution in [2.75, 3.05) is 14.2 Å². The van der Waals surface area contributed by atoms with Gasteiger partial charge >= 0.3 is 14.8 Å². The zero-order valence-electron chi connectivity index (χ0n) is 13.3. The number of hydrogen-bond acceptors (Lipinski definition) is 5. The summed E-state index contributed by atoms with van der Waals surface area (Å²) >= 11 is 0. The van der Waals surface area contributed by atoms with Crippen molar-refractivity contribution in [3.8, 4) is 0 Å². The quantitative estimate of drug-likeness (QED) is 0.215. The van der Waals surface area contributed by atoms with Gasteiger partial charge in [-0.15, -0.1) is 6.58 Å². The summed E-state index contributed by atoms with van der Waals surface area (Å²) in [6.45, 7) is 15.7. The molecule has 5 nitrogen and oxygen atoms in total. The van der Waals surface area contributed by atoms with Gasteiger partial charge in [0.25, 0.3) is 0 Å². The summed E-state index contributed by atoms with van der Waals surface area (Å²) < 4.78 is 16.3. The third-order valence-corrected chi connectivity index (χ3v) is 12.1. The van der Waals surface area contributed by atoms with Crippen LogP contribution in [0, 0.1) is 0 Å². The summed E-state index contributed by atoms with van der Waals surface area (Å²) in [5.74, 6) is -0.626. The summed E-state index contributed by atoms with van der Waals surface area (Å²) in [7, 11) is -1.63. The second-order valence-electron chi connectivity index (χ2n) is 5.65. The first-order valence-electron chi connectivity index (χ1n) is 6.43. The first-order chi connectivity index (χ1) is 9.14. The lowest BCUT2D eigenvalue weighted by atomic mass is 10.2. The van der Waals surface area contributed by atoms with Gasteiger partial charge in [-0.3, -0.25) is 4.89 Å². The standard InChI is InChI=1S/C13H26O5Si2/c1-9-10-11(2)13(14)17-18-20(15-4,16-5)12(3)19(6,7)8/h9,12H,1-2,10H2,3-8H3. The van der Waals surface area contributed by atoms with Crippen molar-refractivity contribution in [2.45, 2.75) is 38.2 Å². The highest BCUT2D eigenvalue weighted by atomic mass is 28.4. The fraction of sp³-hybridized carbons (Fsp3) is 0.615. The summed E-state index contributed by atoms with van der Waals surface area (Å²) in [6, 6.07) is 0. The van der Waals surface area contributed by atoms with Crippen LogP contribution >= 0.6 is 0 Å². The van der Waals surface area contributed by atoms with E-state index in [2.05, 4.69) is 32.8 Å². The van der Waals surface area contributed by atoms with E-state index in [1.165, 1.54) is 14.2 Å². The van der Waals surface area contributed by atoms with Gasteiger partial charge in [-0.05, 0) is 6.42 Å². The Morgan fingerprint density at radius 2 is 1.75 bits per heavy atom. The molecular formula is C13H26O5Si2. The maximum absolute atomic E-state index is 11.7. The molecule has 0 amide bonds. The summed E-state index contributed by atoms with van der Waals surface area (Å²) in [5.41, 5.74) is 0.274. The van der Waals surface area contributed by atoms with E-state index in [4.69, 9.17) is 18.3 Å². The minimum Gasteiger partial charge on any atom is -0.375 e. The van der Waals surface area contributed by atoms with Crippen LogP contribution in [0.5, 0.6) is 0 Å². The molecule has 0 aliphatic carbocycles. The molecule has 0 saturated carbocycles. The van der Waals surface area contributed by atoms with E-state index in [0.29, 0.717) is 6.42 Å². The third-order valence-electron chi connectivity index (χ3n) is 3.31. The Hall–Kier alpha value is -0.736. The van der Waals surface area contributed by atoms with Crippen molar-refractivity contribution in [3.63, 3.8) is 0 Å². The number of carbonyl (C=O) groups is 1. The molecule has 1 atom stereocenters. The predicted octanol–water partition coefficient (Wildman–Crippen LogP) is 3.09. The molecule has 116 valence electrons. The molecule has 0 radical (unpaired) electrons. The van der Waals surface area contributed by atoms with Crippen LogP contribution in [0.1, 0.15) is 13.3 Å². The molecule has 0 spiro atoms. The molecule has 0 fully saturated rings. The van der Waals surface area contributed by atoms with E-state index < -0.39 is 22.8 Å². The third kappa shape index (κ3) is 4.99. The summed E-state index contributed by atoms with van der Waals surface area (Å²) in [4.78, 5) is 16.6. The smallest absolute Gasteiger partial charge is 0.375 e. The van der Waals surface area contributed by atoms with Gasteiger partial charge in [-0.1, -0.05) is 39.2 Å². The van der Waals surface area contributed by atoms with Crippen molar-refractivity contribution < 1.29 is 23.1 Å². The Labute approximate surface area is 123 Å². The van der Waals surface area contributed by atoms with Gasteiger partial charge < -0.3 is 8.85 Å². The molecule has 1 unspecified atom stereocenters. The average Bonchev–Trinajstić information content (AvgIpc) is 2.39. The zero-order valence-corrected chi connectivity index (χ0v) is 15.3. The predicted molar refractivity (Wildman–Crippen MR) is 83.7 cm³/mol. The largest absolute Gasteiger partial charge is 0.543 e. The highest BCUT2D eigenvalue weighted by Gasteiger charge is 2.53. The molecule has 0 aromatic heterocycles. The monoisotopic (exact) mass is 318 g/mol. The lowest BCUT2D eigenvalue weighted by molar-refractivity contribution is -0.235. The normalized spacial score (nSPS) is 13.7. The van der Waals surface area contributed by atoms with E-state index >= 15 is 0 Å². The SMILES string of the molecule is C=CCC(=C)C(=O)OO[Si](OC)(OC)C(C)[Si](C)(C)C. The number of allylic oxidation sites excluding steroid dienone is 1.